The van der Waals surface area contributed by atoms with Crippen LogP contribution in [-0.2, 0) is 4.79 Å². The van der Waals surface area contributed by atoms with Crippen LogP contribution in [0.15, 0.2) is 0 Å². The van der Waals surface area contributed by atoms with Crippen LogP contribution >= 0.6 is 0 Å². The van der Waals surface area contributed by atoms with Crippen LogP contribution in [0.25, 0.3) is 0 Å². The van der Waals surface area contributed by atoms with Crippen molar-refractivity contribution in [3.8, 4) is 0 Å². The Morgan fingerprint density at radius 2 is 2.17 bits per heavy atom. The van der Waals surface area contributed by atoms with E-state index in [2.05, 4.69) is 5.32 Å². The van der Waals surface area contributed by atoms with Gasteiger partial charge in [-0.3, -0.25) is 10.1 Å². The highest BCUT2D eigenvalue weighted by Gasteiger charge is 2.31. The lowest BCUT2D eigenvalue weighted by atomic mass is 10.2. The number of carbonyl (C=O) groups excluding carboxylic acids is 2. The Bertz CT molecular complexity index is 215. The van der Waals surface area contributed by atoms with Crippen molar-refractivity contribution in [2.75, 3.05) is 0 Å². The van der Waals surface area contributed by atoms with Crippen molar-refractivity contribution < 1.29 is 9.59 Å². The lowest BCUT2D eigenvalue weighted by Gasteiger charge is -2.35. The summed E-state index contributed by atoms with van der Waals surface area (Å²) in [6.45, 7) is 3.71. The summed E-state index contributed by atoms with van der Waals surface area (Å²) in [4.78, 5) is 23.4. The number of rotatable bonds is 1. The van der Waals surface area contributed by atoms with Crippen molar-refractivity contribution in [1.29, 1.82) is 0 Å². The monoisotopic (exact) mass is 171 g/mol. The fraction of sp³-hybridized carbons (Fsp3) is 0.714. The molecule has 68 valence electrons. The molecule has 3 amide bonds. The zero-order valence-electron chi connectivity index (χ0n) is 7.20. The van der Waals surface area contributed by atoms with Gasteiger partial charge in [-0.2, -0.15) is 0 Å². The Balaban J connectivity index is 2.73. The zero-order valence-corrected chi connectivity index (χ0v) is 7.20. The molecule has 0 radical (unpaired) electrons. The highest BCUT2D eigenvalue weighted by atomic mass is 16.2. The van der Waals surface area contributed by atoms with Gasteiger partial charge in [-0.05, 0) is 13.8 Å². The smallest absolute Gasteiger partial charge is 0.311 e. The van der Waals surface area contributed by atoms with Gasteiger partial charge in [0.05, 0.1) is 12.6 Å². The maximum atomic E-state index is 11.2. The summed E-state index contributed by atoms with van der Waals surface area (Å²) >= 11 is 0. The zero-order chi connectivity index (χ0) is 9.30. The van der Waals surface area contributed by atoms with Gasteiger partial charge in [0.2, 0.25) is 5.91 Å². The van der Waals surface area contributed by atoms with Crippen LogP contribution in [0, 0.1) is 0 Å². The SMILES string of the molecule is CC(C)N1C(=O)NC(=O)CC1N. The van der Waals surface area contributed by atoms with Crippen LogP contribution in [0.5, 0.6) is 0 Å². The van der Waals surface area contributed by atoms with E-state index in [9.17, 15) is 9.59 Å². The van der Waals surface area contributed by atoms with Crippen LogP contribution in [0.1, 0.15) is 20.3 Å². The molecule has 0 bridgehead atoms. The largest absolute Gasteiger partial charge is 0.325 e. The quantitative estimate of drug-likeness (QED) is 0.564. The fourth-order valence-corrected chi connectivity index (χ4v) is 1.29. The number of hydrogen-bond acceptors (Lipinski definition) is 3. The molecule has 1 atom stereocenters. The summed E-state index contributed by atoms with van der Waals surface area (Å²) in [6.07, 6.45) is -0.296. The number of urea groups is 1. The van der Waals surface area contributed by atoms with Crippen LogP contribution < -0.4 is 11.1 Å². The molecule has 5 nitrogen and oxygen atoms in total. The van der Waals surface area contributed by atoms with E-state index in [1.165, 1.54) is 4.90 Å². The molecule has 0 saturated carbocycles. The van der Waals surface area contributed by atoms with E-state index in [0.29, 0.717) is 0 Å². The molecule has 1 saturated heterocycles. The Morgan fingerprint density at radius 1 is 1.58 bits per heavy atom. The van der Waals surface area contributed by atoms with E-state index < -0.39 is 12.2 Å². The van der Waals surface area contributed by atoms with Gasteiger partial charge in [0.15, 0.2) is 0 Å². The normalized spacial score (nSPS) is 24.7. The van der Waals surface area contributed by atoms with Crippen molar-refractivity contribution in [3.05, 3.63) is 0 Å². The van der Waals surface area contributed by atoms with Crippen LogP contribution in [0.3, 0.4) is 0 Å². The molecule has 0 aromatic carbocycles. The summed E-state index contributed by atoms with van der Waals surface area (Å²) < 4.78 is 0. The van der Waals surface area contributed by atoms with Gasteiger partial charge >= 0.3 is 6.03 Å². The Hall–Kier alpha value is -1.10. The molecule has 1 heterocycles. The van der Waals surface area contributed by atoms with Crippen LogP contribution in [-0.4, -0.2) is 29.0 Å². The minimum absolute atomic E-state index is 0.0214. The summed E-state index contributed by atoms with van der Waals surface area (Å²) in [5, 5.41) is 2.21. The van der Waals surface area contributed by atoms with Crippen molar-refractivity contribution in [1.82, 2.24) is 10.2 Å². The maximum absolute atomic E-state index is 11.2. The highest BCUT2D eigenvalue weighted by molar-refractivity contribution is 5.97. The average Bonchev–Trinajstić information content (AvgIpc) is 1.82. The number of imide groups is 1. The summed E-state index contributed by atoms with van der Waals surface area (Å²) in [5.41, 5.74) is 5.60. The van der Waals surface area contributed by atoms with Gasteiger partial charge in [0.1, 0.15) is 0 Å². The molecule has 12 heavy (non-hydrogen) atoms. The highest BCUT2D eigenvalue weighted by Crippen LogP contribution is 2.09. The van der Waals surface area contributed by atoms with Crippen molar-refractivity contribution in [2.45, 2.75) is 32.5 Å². The third-order valence-electron chi connectivity index (χ3n) is 1.79. The van der Waals surface area contributed by atoms with E-state index >= 15 is 0 Å². The van der Waals surface area contributed by atoms with Crippen LogP contribution in [0.2, 0.25) is 0 Å². The first-order valence-corrected chi connectivity index (χ1v) is 3.90. The molecule has 5 heteroatoms. The van der Waals surface area contributed by atoms with Gasteiger partial charge in [-0.1, -0.05) is 0 Å². The standard InChI is InChI=1S/C7H13N3O2/c1-4(2)10-5(8)3-6(11)9-7(10)12/h4-5H,3,8H2,1-2H3,(H,9,11,12). The second-order valence-corrected chi connectivity index (χ2v) is 3.13. The predicted molar refractivity (Wildman–Crippen MR) is 43.1 cm³/mol. The van der Waals surface area contributed by atoms with Gasteiger partial charge in [0.25, 0.3) is 0 Å². The van der Waals surface area contributed by atoms with E-state index in [-0.39, 0.29) is 18.4 Å². The van der Waals surface area contributed by atoms with E-state index in [0.717, 1.165) is 0 Å². The van der Waals surface area contributed by atoms with Crippen molar-refractivity contribution in [3.63, 3.8) is 0 Å². The molecule has 1 aliphatic rings. The summed E-state index contributed by atoms with van der Waals surface area (Å²) in [7, 11) is 0. The number of nitrogens with two attached hydrogens (primary N) is 1. The first kappa shape index (κ1) is 8.99. The van der Waals surface area contributed by atoms with Gasteiger partial charge in [0, 0.05) is 6.04 Å². The second-order valence-electron chi connectivity index (χ2n) is 3.13. The van der Waals surface area contributed by atoms with Crippen molar-refractivity contribution >= 4 is 11.9 Å². The summed E-state index contributed by atoms with van der Waals surface area (Å²) in [5.74, 6) is -0.301. The maximum Gasteiger partial charge on any atom is 0.325 e. The first-order chi connectivity index (χ1) is 5.52. The number of nitrogens with one attached hydrogen (secondary N) is 1. The van der Waals surface area contributed by atoms with Gasteiger partial charge < -0.3 is 10.6 Å². The Labute approximate surface area is 70.9 Å². The first-order valence-electron chi connectivity index (χ1n) is 3.90. The average molecular weight is 171 g/mol. The Kier molecular flexibility index (Phi) is 2.32. The van der Waals surface area contributed by atoms with Gasteiger partial charge in [-0.15, -0.1) is 0 Å². The van der Waals surface area contributed by atoms with E-state index in [1.807, 2.05) is 13.8 Å². The molecule has 1 rings (SSSR count). The van der Waals surface area contributed by atoms with Gasteiger partial charge in [-0.25, -0.2) is 4.79 Å². The topological polar surface area (TPSA) is 75.4 Å². The number of hydrogen-bond donors (Lipinski definition) is 2. The number of carbonyl (C=O) groups is 2. The van der Waals surface area contributed by atoms with E-state index in [1.54, 1.807) is 0 Å². The molecule has 0 aromatic heterocycles. The third-order valence-corrected chi connectivity index (χ3v) is 1.79. The lowest BCUT2D eigenvalue weighted by Crippen LogP contribution is -2.60. The molecule has 1 unspecified atom stereocenters. The molecule has 0 aromatic rings. The molecule has 0 aliphatic carbocycles. The minimum atomic E-state index is -0.480. The molecular weight excluding hydrogens is 158 g/mol. The number of amides is 3. The molecule has 3 N–H and O–H groups in total. The third kappa shape index (κ3) is 1.55. The van der Waals surface area contributed by atoms with Crippen molar-refractivity contribution in [2.24, 2.45) is 5.73 Å². The molecule has 1 fully saturated rings. The number of nitrogens with zero attached hydrogens (tertiary/aromatic N) is 1. The summed E-state index contributed by atoms with van der Waals surface area (Å²) in [6, 6.07) is -0.373. The van der Waals surface area contributed by atoms with Crippen LogP contribution in [0.4, 0.5) is 4.79 Å². The fourth-order valence-electron chi connectivity index (χ4n) is 1.29. The molecule has 1 aliphatic heterocycles. The van der Waals surface area contributed by atoms with E-state index in [4.69, 9.17) is 5.73 Å². The second kappa shape index (κ2) is 3.10. The lowest BCUT2D eigenvalue weighted by molar-refractivity contribution is -0.122. The Morgan fingerprint density at radius 3 is 2.58 bits per heavy atom. The minimum Gasteiger partial charge on any atom is -0.311 e. The predicted octanol–water partition coefficient (Wildman–Crippen LogP) is -0.378. The molecule has 0 spiro atoms. The molecular formula is C7H13N3O2.